The van der Waals surface area contributed by atoms with Gasteiger partial charge in [0.1, 0.15) is 0 Å². The molecule has 1 atom stereocenters. The SMILES string of the molecule is [C]#CC(CC)OC(C)=O. The van der Waals surface area contributed by atoms with Crippen molar-refractivity contribution in [2.24, 2.45) is 0 Å². The van der Waals surface area contributed by atoms with Gasteiger partial charge in [-0.15, -0.1) is 0 Å². The van der Waals surface area contributed by atoms with Crippen LogP contribution >= 0.6 is 0 Å². The summed E-state index contributed by atoms with van der Waals surface area (Å²) < 4.78 is 4.61. The topological polar surface area (TPSA) is 26.3 Å². The van der Waals surface area contributed by atoms with Gasteiger partial charge in [-0.1, -0.05) is 6.92 Å². The highest BCUT2D eigenvalue weighted by Crippen LogP contribution is 1.94. The molecule has 0 saturated heterocycles. The standard InChI is InChI=1S/C7H9O2/c1-4-7(5-2)9-6(3)8/h7H,4H2,1,3H3. The van der Waals surface area contributed by atoms with E-state index in [4.69, 9.17) is 6.42 Å². The molecule has 0 aromatic carbocycles. The third-order valence-corrected chi connectivity index (χ3v) is 0.840. The average molecular weight is 125 g/mol. The summed E-state index contributed by atoms with van der Waals surface area (Å²) in [6, 6.07) is 0. The van der Waals surface area contributed by atoms with Crippen LogP contribution < -0.4 is 0 Å². The number of ether oxygens (including phenoxy) is 1. The summed E-state index contributed by atoms with van der Waals surface area (Å²) in [4.78, 5) is 10.2. The van der Waals surface area contributed by atoms with E-state index in [9.17, 15) is 4.79 Å². The lowest BCUT2D eigenvalue weighted by molar-refractivity contribution is -0.143. The molecule has 0 fully saturated rings. The summed E-state index contributed by atoms with van der Waals surface area (Å²) >= 11 is 0. The van der Waals surface area contributed by atoms with Gasteiger partial charge in [-0.3, -0.25) is 4.79 Å². The minimum atomic E-state index is -0.456. The Kier molecular flexibility index (Phi) is 3.54. The molecule has 0 aliphatic carbocycles. The van der Waals surface area contributed by atoms with Crippen LogP contribution in [0, 0.1) is 12.3 Å². The summed E-state index contributed by atoms with van der Waals surface area (Å²) in [6.07, 6.45) is 6.78. The molecule has 0 rings (SSSR count). The van der Waals surface area contributed by atoms with Crippen molar-refractivity contribution < 1.29 is 9.53 Å². The van der Waals surface area contributed by atoms with E-state index in [0.717, 1.165) is 0 Å². The monoisotopic (exact) mass is 125 g/mol. The summed E-state index contributed by atoms with van der Waals surface area (Å²) in [7, 11) is 0. The summed E-state index contributed by atoms with van der Waals surface area (Å²) in [5.74, 6) is 1.73. The Balaban J connectivity index is 3.60. The normalized spacial score (nSPS) is 11.7. The smallest absolute Gasteiger partial charge is 0.303 e. The van der Waals surface area contributed by atoms with Crippen LogP contribution in [-0.2, 0) is 9.53 Å². The van der Waals surface area contributed by atoms with E-state index in [-0.39, 0.29) is 5.97 Å². The van der Waals surface area contributed by atoms with Crippen LogP contribution in [0.15, 0.2) is 0 Å². The van der Waals surface area contributed by atoms with E-state index in [1.54, 1.807) is 0 Å². The molecular formula is C7H9O2. The zero-order valence-electron chi connectivity index (χ0n) is 5.60. The Morgan fingerprint density at radius 2 is 2.44 bits per heavy atom. The first-order valence-corrected chi connectivity index (χ1v) is 2.80. The molecule has 0 spiro atoms. The number of rotatable bonds is 2. The first-order valence-electron chi connectivity index (χ1n) is 2.80. The third kappa shape index (κ3) is 3.60. The van der Waals surface area contributed by atoms with Gasteiger partial charge >= 0.3 is 5.97 Å². The van der Waals surface area contributed by atoms with E-state index < -0.39 is 6.10 Å². The van der Waals surface area contributed by atoms with Gasteiger partial charge in [0.15, 0.2) is 6.10 Å². The predicted molar refractivity (Wildman–Crippen MR) is 33.0 cm³/mol. The summed E-state index contributed by atoms with van der Waals surface area (Å²) in [5, 5.41) is 0. The van der Waals surface area contributed by atoms with Crippen molar-refractivity contribution in [2.75, 3.05) is 0 Å². The van der Waals surface area contributed by atoms with Crippen LogP contribution in [0.5, 0.6) is 0 Å². The first-order chi connectivity index (χ1) is 4.20. The zero-order valence-corrected chi connectivity index (χ0v) is 5.60. The molecule has 1 radical (unpaired) electrons. The molecular weight excluding hydrogens is 116 g/mol. The molecule has 2 heteroatoms. The lowest BCUT2D eigenvalue weighted by Gasteiger charge is -2.05. The van der Waals surface area contributed by atoms with Crippen molar-refractivity contribution in [2.45, 2.75) is 26.4 Å². The Labute approximate surface area is 55.2 Å². The van der Waals surface area contributed by atoms with Gasteiger partial charge < -0.3 is 4.74 Å². The Morgan fingerprint density at radius 3 is 2.56 bits per heavy atom. The lowest BCUT2D eigenvalue weighted by Crippen LogP contribution is -2.12. The first kappa shape index (κ1) is 8.03. The molecule has 0 saturated carbocycles. The fourth-order valence-electron chi connectivity index (χ4n) is 0.415. The predicted octanol–water partition coefficient (Wildman–Crippen LogP) is 0.918. The van der Waals surface area contributed by atoms with Crippen molar-refractivity contribution in [1.82, 2.24) is 0 Å². The summed E-state index contributed by atoms with van der Waals surface area (Å²) in [6.45, 7) is 3.15. The number of hydrogen-bond acceptors (Lipinski definition) is 2. The molecule has 0 heterocycles. The highest BCUT2D eigenvalue weighted by atomic mass is 16.5. The molecule has 0 aliphatic heterocycles. The van der Waals surface area contributed by atoms with Crippen LogP contribution in [0.4, 0.5) is 0 Å². The number of carbonyl (C=O) groups is 1. The van der Waals surface area contributed by atoms with Gasteiger partial charge in [0.25, 0.3) is 0 Å². The third-order valence-electron chi connectivity index (χ3n) is 0.840. The van der Waals surface area contributed by atoms with Crippen molar-refractivity contribution in [1.29, 1.82) is 0 Å². The van der Waals surface area contributed by atoms with Crippen LogP contribution in [0.25, 0.3) is 0 Å². The van der Waals surface area contributed by atoms with Crippen molar-refractivity contribution in [3.05, 3.63) is 6.42 Å². The molecule has 0 aromatic heterocycles. The van der Waals surface area contributed by atoms with Crippen molar-refractivity contribution in [3.63, 3.8) is 0 Å². The molecule has 0 bridgehead atoms. The number of esters is 1. The van der Waals surface area contributed by atoms with Crippen LogP contribution in [0.1, 0.15) is 20.3 Å². The largest absolute Gasteiger partial charge is 0.449 e. The Morgan fingerprint density at radius 1 is 1.89 bits per heavy atom. The average Bonchev–Trinajstić information content (AvgIpc) is 1.82. The Bertz CT molecular complexity index is 132. The molecule has 0 amide bonds. The molecule has 49 valence electrons. The van der Waals surface area contributed by atoms with Crippen molar-refractivity contribution in [3.8, 4) is 5.92 Å². The highest BCUT2D eigenvalue weighted by Gasteiger charge is 2.02. The molecule has 2 nitrogen and oxygen atoms in total. The summed E-state index contributed by atoms with van der Waals surface area (Å²) in [5.41, 5.74) is 0. The minimum Gasteiger partial charge on any atom is -0.449 e. The van der Waals surface area contributed by atoms with E-state index in [2.05, 4.69) is 10.7 Å². The van der Waals surface area contributed by atoms with Gasteiger partial charge in [0, 0.05) is 6.92 Å². The zero-order chi connectivity index (χ0) is 7.28. The van der Waals surface area contributed by atoms with E-state index in [1.165, 1.54) is 6.92 Å². The maximum absolute atomic E-state index is 10.2. The molecule has 0 N–H and O–H groups in total. The Hall–Kier alpha value is -0.970. The van der Waals surface area contributed by atoms with Gasteiger partial charge in [0.2, 0.25) is 0 Å². The van der Waals surface area contributed by atoms with Crippen LogP contribution in [0.3, 0.4) is 0 Å². The van der Waals surface area contributed by atoms with Crippen LogP contribution in [0.2, 0.25) is 0 Å². The highest BCUT2D eigenvalue weighted by molar-refractivity contribution is 5.66. The molecule has 0 aliphatic rings. The van der Waals surface area contributed by atoms with Gasteiger partial charge in [-0.25, -0.2) is 0 Å². The number of carbonyl (C=O) groups excluding carboxylic acids is 1. The molecule has 0 aromatic rings. The number of hydrogen-bond donors (Lipinski definition) is 0. The van der Waals surface area contributed by atoms with Gasteiger partial charge in [0.05, 0.1) is 0 Å². The quantitative estimate of drug-likeness (QED) is 0.405. The van der Waals surface area contributed by atoms with E-state index >= 15 is 0 Å². The second-order valence-corrected chi connectivity index (χ2v) is 1.65. The van der Waals surface area contributed by atoms with Gasteiger partial charge in [-0.05, 0) is 18.8 Å². The second-order valence-electron chi connectivity index (χ2n) is 1.65. The minimum absolute atomic E-state index is 0.360. The van der Waals surface area contributed by atoms with Crippen LogP contribution in [-0.4, -0.2) is 12.1 Å². The fraction of sp³-hybridized carbons (Fsp3) is 0.571. The van der Waals surface area contributed by atoms with Gasteiger partial charge in [-0.2, -0.15) is 0 Å². The molecule has 9 heavy (non-hydrogen) atoms. The lowest BCUT2D eigenvalue weighted by atomic mass is 10.3. The van der Waals surface area contributed by atoms with E-state index in [1.807, 2.05) is 6.92 Å². The maximum atomic E-state index is 10.2. The second kappa shape index (κ2) is 3.96. The molecule has 1 unspecified atom stereocenters. The van der Waals surface area contributed by atoms with E-state index in [0.29, 0.717) is 6.42 Å². The van der Waals surface area contributed by atoms with Crippen molar-refractivity contribution >= 4 is 5.97 Å². The fourth-order valence-corrected chi connectivity index (χ4v) is 0.415. The maximum Gasteiger partial charge on any atom is 0.303 e.